The van der Waals surface area contributed by atoms with Crippen molar-refractivity contribution in [3.05, 3.63) is 86.8 Å². The fraction of sp³-hybridized carbons (Fsp3) is 0.269. The van der Waals surface area contributed by atoms with Crippen molar-refractivity contribution in [1.29, 1.82) is 0 Å². The molecule has 0 radical (unpaired) electrons. The quantitative estimate of drug-likeness (QED) is 0.367. The van der Waals surface area contributed by atoms with Crippen molar-refractivity contribution in [3.8, 4) is 0 Å². The zero-order valence-corrected chi connectivity index (χ0v) is 20.3. The monoisotopic (exact) mass is 478 g/mol. The molecule has 3 aromatic rings. The number of carboxylic acids is 1. The summed E-state index contributed by atoms with van der Waals surface area (Å²) in [6, 6.07) is 12.8. The van der Waals surface area contributed by atoms with Gasteiger partial charge >= 0.3 is 5.97 Å². The number of carbonyl (C=O) groups excluding carboxylic acids is 1. The number of aldehydes is 1. The van der Waals surface area contributed by atoms with Crippen molar-refractivity contribution >= 4 is 35.4 Å². The van der Waals surface area contributed by atoms with Crippen LogP contribution in [-0.4, -0.2) is 40.1 Å². The highest BCUT2D eigenvalue weighted by molar-refractivity contribution is 6.30. The van der Waals surface area contributed by atoms with E-state index >= 15 is 0 Å². The van der Waals surface area contributed by atoms with E-state index in [1.165, 1.54) is 0 Å². The molecule has 0 amide bonds. The predicted molar refractivity (Wildman–Crippen MR) is 134 cm³/mol. The molecule has 3 rings (SSSR count). The van der Waals surface area contributed by atoms with Gasteiger partial charge in [0, 0.05) is 35.3 Å². The SMILES string of the molecule is CN=C(c1nc(C)c([C@@](C)(C=O)c2ccc(CCC(=O)O)cc2)c(N)n1)c1ccc(Cl)cc1C. The van der Waals surface area contributed by atoms with E-state index in [4.69, 9.17) is 22.4 Å². The summed E-state index contributed by atoms with van der Waals surface area (Å²) in [6.07, 6.45) is 1.29. The Labute approximate surface area is 203 Å². The van der Waals surface area contributed by atoms with Crippen molar-refractivity contribution in [3.63, 3.8) is 0 Å². The first-order valence-electron chi connectivity index (χ1n) is 10.8. The Morgan fingerprint density at radius 1 is 1.18 bits per heavy atom. The molecule has 0 aliphatic rings. The van der Waals surface area contributed by atoms with E-state index in [1.54, 1.807) is 27.0 Å². The van der Waals surface area contributed by atoms with Gasteiger partial charge in [0.15, 0.2) is 5.82 Å². The van der Waals surface area contributed by atoms with E-state index in [2.05, 4.69) is 15.0 Å². The third-order valence-electron chi connectivity index (χ3n) is 5.93. The van der Waals surface area contributed by atoms with Crippen molar-refractivity contribution in [2.75, 3.05) is 12.8 Å². The van der Waals surface area contributed by atoms with Crippen LogP contribution in [0.4, 0.5) is 5.82 Å². The number of aliphatic imine (C=N–C) groups is 1. The minimum absolute atomic E-state index is 0.0417. The summed E-state index contributed by atoms with van der Waals surface area (Å²) in [6.45, 7) is 5.49. The predicted octanol–water partition coefficient (Wildman–Crippen LogP) is 4.32. The zero-order chi connectivity index (χ0) is 25.0. The molecule has 1 aromatic heterocycles. The molecule has 0 saturated heterocycles. The van der Waals surface area contributed by atoms with Crippen molar-refractivity contribution in [2.45, 2.75) is 39.0 Å². The second-order valence-corrected chi connectivity index (χ2v) is 8.77. The maximum Gasteiger partial charge on any atom is 0.303 e. The number of anilines is 1. The summed E-state index contributed by atoms with van der Waals surface area (Å²) in [5, 5.41) is 9.52. The van der Waals surface area contributed by atoms with Gasteiger partial charge in [0.1, 0.15) is 17.8 Å². The maximum atomic E-state index is 12.4. The molecule has 34 heavy (non-hydrogen) atoms. The number of benzene rings is 2. The number of aliphatic carboxylic acids is 1. The van der Waals surface area contributed by atoms with Crippen LogP contribution < -0.4 is 5.73 Å². The number of nitrogen functional groups attached to an aromatic ring is 1. The Balaban J connectivity index is 2.04. The van der Waals surface area contributed by atoms with Crippen LogP contribution in [0.1, 0.15) is 52.7 Å². The number of nitrogens with two attached hydrogens (primary N) is 1. The van der Waals surface area contributed by atoms with Crippen molar-refractivity contribution in [1.82, 2.24) is 9.97 Å². The van der Waals surface area contributed by atoms with Gasteiger partial charge in [0.2, 0.25) is 0 Å². The number of halogens is 1. The van der Waals surface area contributed by atoms with Gasteiger partial charge in [-0.05, 0) is 56.0 Å². The first-order chi connectivity index (χ1) is 16.1. The van der Waals surface area contributed by atoms with Crippen LogP contribution in [0.2, 0.25) is 5.02 Å². The average Bonchev–Trinajstić information content (AvgIpc) is 2.79. The Kier molecular flexibility index (Phi) is 7.47. The lowest BCUT2D eigenvalue weighted by Crippen LogP contribution is -2.30. The van der Waals surface area contributed by atoms with E-state index in [0.717, 1.165) is 23.0 Å². The number of hydrogen-bond acceptors (Lipinski definition) is 6. The molecule has 1 heterocycles. The summed E-state index contributed by atoms with van der Waals surface area (Å²) in [4.78, 5) is 36.8. The second kappa shape index (κ2) is 10.1. The number of rotatable bonds is 8. The van der Waals surface area contributed by atoms with E-state index in [9.17, 15) is 9.59 Å². The fourth-order valence-corrected chi connectivity index (χ4v) is 4.34. The molecule has 0 aliphatic carbocycles. The molecule has 0 bridgehead atoms. The lowest BCUT2D eigenvalue weighted by atomic mass is 9.76. The molecular weight excluding hydrogens is 452 g/mol. The summed E-state index contributed by atoms with van der Waals surface area (Å²) in [7, 11) is 1.66. The normalized spacial score (nSPS) is 13.4. The average molecular weight is 479 g/mol. The van der Waals surface area contributed by atoms with Crippen LogP contribution in [0.15, 0.2) is 47.5 Å². The summed E-state index contributed by atoms with van der Waals surface area (Å²) in [5.74, 6) is -0.296. The van der Waals surface area contributed by atoms with Crippen LogP contribution in [-0.2, 0) is 21.4 Å². The first-order valence-corrected chi connectivity index (χ1v) is 11.1. The van der Waals surface area contributed by atoms with Gasteiger partial charge in [-0.1, -0.05) is 41.9 Å². The van der Waals surface area contributed by atoms with Gasteiger partial charge in [0.05, 0.1) is 5.41 Å². The van der Waals surface area contributed by atoms with Crippen LogP contribution in [0.5, 0.6) is 0 Å². The lowest BCUT2D eigenvalue weighted by molar-refractivity contribution is -0.137. The molecular formula is C26H27ClN4O3. The molecule has 0 unspecified atom stereocenters. The van der Waals surface area contributed by atoms with E-state index in [1.807, 2.05) is 43.3 Å². The van der Waals surface area contributed by atoms with Gasteiger partial charge in [-0.15, -0.1) is 0 Å². The Morgan fingerprint density at radius 2 is 1.85 bits per heavy atom. The maximum absolute atomic E-state index is 12.4. The molecule has 2 aromatic carbocycles. The molecule has 0 saturated carbocycles. The van der Waals surface area contributed by atoms with Gasteiger partial charge in [-0.2, -0.15) is 0 Å². The molecule has 7 nitrogen and oxygen atoms in total. The standard InChI is InChI=1S/C26H27ClN4O3/c1-15-13-19(27)10-11-20(15)23(29-4)25-30-16(2)22(24(28)31-25)26(3,14-32)18-8-5-17(6-9-18)7-12-21(33)34/h5-6,8-11,13-14H,7,12H2,1-4H3,(H,33,34)(H2,28,30,31)/t26-/m0/s1. The fourth-order valence-electron chi connectivity index (χ4n) is 4.12. The van der Waals surface area contributed by atoms with Crippen LogP contribution in [0.3, 0.4) is 0 Å². The number of carbonyl (C=O) groups is 2. The van der Waals surface area contributed by atoms with Crippen molar-refractivity contribution < 1.29 is 14.7 Å². The molecule has 0 fully saturated rings. The zero-order valence-electron chi connectivity index (χ0n) is 19.6. The van der Waals surface area contributed by atoms with Gasteiger partial charge in [-0.3, -0.25) is 9.79 Å². The third kappa shape index (κ3) is 4.99. The van der Waals surface area contributed by atoms with Crippen LogP contribution in [0.25, 0.3) is 0 Å². The van der Waals surface area contributed by atoms with Gasteiger partial charge in [-0.25, -0.2) is 9.97 Å². The Bertz CT molecular complexity index is 1250. The second-order valence-electron chi connectivity index (χ2n) is 8.34. The van der Waals surface area contributed by atoms with Crippen LogP contribution >= 0.6 is 11.6 Å². The van der Waals surface area contributed by atoms with E-state index in [-0.39, 0.29) is 12.2 Å². The highest BCUT2D eigenvalue weighted by Gasteiger charge is 2.34. The highest BCUT2D eigenvalue weighted by atomic mass is 35.5. The van der Waals surface area contributed by atoms with Crippen molar-refractivity contribution in [2.24, 2.45) is 4.99 Å². The number of hydrogen-bond donors (Lipinski definition) is 2. The smallest absolute Gasteiger partial charge is 0.303 e. The first kappa shape index (κ1) is 25.1. The molecule has 0 aliphatic heterocycles. The third-order valence-corrected chi connectivity index (χ3v) is 6.17. The summed E-state index contributed by atoms with van der Waals surface area (Å²) in [5.41, 5.74) is 10.3. The molecule has 176 valence electrons. The highest BCUT2D eigenvalue weighted by Crippen LogP contribution is 2.35. The number of nitrogens with zero attached hydrogens (tertiary/aromatic N) is 3. The topological polar surface area (TPSA) is 119 Å². The van der Waals surface area contributed by atoms with Gasteiger partial charge < -0.3 is 15.6 Å². The molecule has 1 atom stereocenters. The Hall–Kier alpha value is -3.58. The molecule has 0 spiro atoms. The van der Waals surface area contributed by atoms with Crippen LogP contribution in [0, 0.1) is 13.8 Å². The molecule has 3 N–H and O–H groups in total. The summed E-state index contributed by atoms with van der Waals surface area (Å²) >= 11 is 6.10. The minimum atomic E-state index is -1.09. The van der Waals surface area contributed by atoms with E-state index in [0.29, 0.717) is 39.8 Å². The van der Waals surface area contributed by atoms with Gasteiger partial charge in [0.25, 0.3) is 0 Å². The lowest BCUT2D eigenvalue weighted by Gasteiger charge is -2.27. The number of aromatic nitrogens is 2. The largest absolute Gasteiger partial charge is 0.481 e. The minimum Gasteiger partial charge on any atom is -0.481 e. The number of aryl methyl sites for hydroxylation is 3. The molecule has 8 heteroatoms. The Morgan fingerprint density at radius 3 is 2.38 bits per heavy atom. The summed E-state index contributed by atoms with van der Waals surface area (Å²) < 4.78 is 0. The van der Waals surface area contributed by atoms with E-state index < -0.39 is 11.4 Å². The number of carboxylic acid groups (broad SMARTS) is 1.